The molecular formula is C14H13BrF3NOS. The van der Waals surface area contributed by atoms with Crippen LogP contribution in [-0.4, -0.2) is 12.9 Å². The van der Waals surface area contributed by atoms with Gasteiger partial charge in [-0.3, -0.25) is 0 Å². The van der Waals surface area contributed by atoms with Crippen molar-refractivity contribution < 1.29 is 17.9 Å². The smallest absolute Gasteiger partial charge is 0.405 e. The topological polar surface area (TPSA) is 21.3 Å². The summed E-state index contributed by atoms with van der Waals surface area (Å²) in [5.74, 6) is -0.182. The monoisotopic (exact) mass is 379 g/mol. The molecule has 114 valence electrons. The van der Waals surface area contributed by atoms with Crippen molar-refractivity contribution in [3.05, 3.63) is 50.6 Å². The van der Waals surface area contributed by atoms with Crippen LogP contribution in [0.15, 0.2) is 39.5 Å². The first kappa shape index (κ1) is 16.3. The minimum atomic E-state index is -4.71. The van der Waals surface area contributed by atoms with Crippen molar-refractivity contribution in [2.45, 2.75) is 19.3 Å². The number of alkyl halides is 3. The van der Waals surface area contributed by atoms with E-state index < -0.39 is 6.36 Å². The van der Waals surface area contributed by atoms with Gasteiger partial charge in [0.15, 0.2) is 0 Å². The maximum absolute atomic E-state index is 12.5. The first-order valence-electron chi connectivity index (χ1n) is 6.22. The average Bonchev–Trinajstić information content (AvgIpc) is 2.82. The highest BCUT2D eigenvalue weighted by atomic mass is 79.9. The fourth-order valence-electron chi connectivity index (χ4n) is 2.02. The van der Waals surface area contributed by atoms with Crippen LogP contribution < -0.4 is 10.1 Å². The maximum Gasteiger partial charge on any atom is 0.573 e. The largest absolute Gasteiger partial charge is 0.573 e. The summed E-state index contributed by atoms with van der Waals surface area (Å²) in [4.78, 5) is 0. The van der Waals surface area contributed by atoms with E-state index in [0.717, 1.165) is 9.35 Å². The second kappa shape index (κ2) is 6.81. The number of hydrogen-bond acceptors (Lipinski definition) is 3. The highest BCUT2D eigenvalue weighted by molar-refractivity contribution is 9.11. The lowest BCUT2D eigenvalue weighted by molar-refractivity contribution is -0.275. The van der Waals surface area contributed by atoms with Crippen LogP contribution in [0.4, 0.5) is 13.2 Å². The molecule has 1 heterocycles. The zero-order valence-electron chi connectivity index (χ0n) is 11.1. The number of nitrogens with one attached hydrogen (secondary N) is 1. The molecule has 0 amide bonds. The van der Waals surface area contributed by atoms with E-state index in [1.54, 1.807) is 12.1 Å². The molecule has 1 unspecified atom stereocenters. The SMILES string of the molecule is CCNC(c1csc(Br)c1)c1ccccc1OC(F)(F)F. The molecule has 0 spiro atoms. The first-order valence-corrected chi connectivity index (χ1v) is 7.90. The zero-order chi connectivity index (χ0) is 15.5. The predicted molar refractivity (Wildman–Crippen MR) is 80.7 cm³/mol. The number of ether oxygens (including phenoxy) is 1. The first-order chi connectivity index (χ1) is 9.90. The van der Waals surface area contributed by atoms with Gasteiger partial charge in [0.1, 0.15) is 5.75 Å². The van der Waals surface area contributed by atoms with E-state index >= 15 is 0 Å². The Morgan fingerprint density at radius 2 is 2.05 bits per heavy atom. The Hall–Kier alpha value is -1.05. The van der Waals surface area contributed by atoms with Crippen LogP contribution >= 0.6 is 27.3 Å². The lowest BCUT2D eigenvalue weighted by Gasteiger charge is -2.21. The molecule has 0 radical (unpaired) electrons. The number of para-hydroxylation sites is 1. The number of halogens is 4. The minimum absolute atomic E-state index is 0.182. The van der Waals surface area contributed by atoms with Crippen molar-refractivity contribution in [1.29, 1.82) is 0 Å². The third-order valence-corrected chi connectivity index (χ3v) is 4.31. The number of hydrogen-bond donors (Lipinski definition) is 1. The molecular weight excluding hydrogens is 367 g/mol. The Bertz CT molecular complexity index is 600. The summed E-state index contributed by atoms with van der Waals surface area (Å²) >= 11 is 4.86. The Morgan fingerprint density at radius 1 is 1.33 bits per heavy atom. The number of benzene rings is 1. The Kier molecular flexibility index (Phi) is 5.29. The third-order valence-electron chi connectivity index (χ3n) is 2.79. The molecule has 0 aliphatic carbocycles. The number of rotatable bonds is 5. The van der Waals surface area contributed by atoms with Gasteiger partial charge >= 0.3 is 6.36 Å². The van der Waals surface area contributed by atoms with Gasteiger partial charge in [0.05, 0.1) is 9.83 Å². The lowest BCUT2D eigenvalue weighted by Crippen LogP contribution is -2.24. The highest BCUT2D eigenvalue weighted by Crippen LogP contribution is 2.35. The molecule has 1 N–H and O–H groups in total. The summed E-state index contributed by atoms with van der Waals surface area (Å²) in [5.41, 5.74) is 1.36. The van der Waals surface area contributed by atoms with Crippen molar-refractivity contribution >= 4 is 27.3 Å². The molecule has 1 atom stereocenters. The van der Waals surface area contributed by atoms with Crippen molar-refractivity contribution in [2.24, 2.45) is 0 Å². The van der Waals surface area contributed by atoms with E-state index in [9.17, 15) is 13.2 Å². The van der Waals surface area contributed by atoms with E-state index in [1.165, 1.54) is 23.5 Å². The molecule has 0 aliphatic heterocycles. The van der Waals surface area contributed by atoms with E-state index in [-0.39, 0.29) is 11.8 Å². The molecule has 21 heavy (non-hydrogen) atoms. The van der Waals surface area contributed by atoms with Gasteiger partial charge in [0.25, 0.3) is 0 Å². The van der Waals surface area contributed by atoms with Crippen molar-refractivity contribution in [3.8, 4) is 5.75 Å². The predicted octanol–water partition coefficient (Wildman–Crippen LogP) is 5.11. The Balaban J connectivity index is 2.41. The van der Waals surface area contributed by atoms with Crippen LogP contribution in [0.25, 0.3) is 0 Å². The summed E-state index contributed by atoms with van der Waals surface area (Å²) in [6.07, 6.45) is -4.71. The molecule has 0 aliphatic rings. The zero-order valence-corrected chi connectivity index (χ0v) is 13.5. The molecule has 7 heteroatoms. The second-order valence-corrected chi connectivity index (χ2v) is 6.55. The molecule has 0 fully saturated rings. The summed E-state index contributed by atoms with van der Waals surface area (Å²) in [5, 5.41) is 5.10. The van der Waals surface area contributed by atoms with Crippen LogP contribution in [0.2, 0.25) is 0 Å². The van der Waals surface area contributed by atoms with Gasteiger partial charge in [-0.05, 0) is 45.6 Å². The Labute approximate surface area is 133 Å². The quantitative estimate of drug-likeness (QED) is 0.779. The van der Waals surface area contributed by atoms with Gasteiger partial charge < -0.3 is 10.1 Å². The second-order valence-electron chi connectivity index (χ2n) is 4.26. The normalized spacial score (nSPS) is 13.2. The summed E-state index contributed by atoms with van der Waals surface area (Å²) < 4.78 is 42.7. The van der Waals surface area contributed by atoms with Gasteiger partial charge in [-0.15, -0.1) is 24.5 Å². The van der Waals surface area contributed by atoms with Crippen LogP contribution in [0.5, 0.6) is 5.75 Å². The van der Waals surface area contributed by atoms with Crippen LogP contribution in [0, 0.1) is 0 Å². The molecule has 2 aromatic rings. The van der Waals surface area contributed by atoms with Gasteiger partial charge in [0, 0.05) is 5.56 Å². The summed E-state index contributed by atoms with van der Waals surface area (Å²) in [6.45, 7) is 2.53. The molecule has 1 aromatic heterocycles. The van der Waals surface area contributed by atoms with E-state index in [4.69, 9.17) is 0 Å². The molecule has 0 saturated heterocycles. The summed E-state index contributed by atoms with van der Waals surface area (Å²) in [6, 6.07) is 7.73. The molecule has 0 bridgehead atoms. The van der Waals surface area contributed by atoms with Crippen molar-refractivity contribution in [3.63, 3.8) is 0 Å². The molecule has 2 nitrogen and oxygen atoms in total. The summed E-state index contributed by atoms with van der Waals surface area (Å²) in [7, 11) is 0. The van der Waals surface area contributed by atoms with Crippen LogP contribution in [-0.2, 0) is 0 Å². The van der Waals surface area contributed by atoms with Gasteiger partial charge in [-0.25, -0.2) is 0 Å². The van der Waals surface area contributed by atoms with Gasteiger partial charge in [0.2, 0.25) is 0 Å². The number of thiophene rings is 1. The highest BCUT2D eigenvalue weighted by Gasteiger charge is 2.33. The lowest BCUT2D eigenvalue weighted by atomic mass is 10.0. The molecule has 1 aromatic carbocycles. The van der Waals surface area contributed by atoms with Crippen molar-refractivity contribution in [1.82, 2.24) is 5.32 Å². The average molecular weight is 380 g/mol. The minimum Gasteiger partial charge on any atom is -0.405 e. The van der Waals surface area contributed by atoms with E-state index in [0.29, 0.717) is 12.1 Å². The maximum atomic E-state index is 12.5. The van der Waals surface area contributed by atoms with Gasteiger partial charge in [-0.1, -0.05) is 25.1 Å². The standard InChI is InChI=1S/C14H13BrF3NOS/c1-2-19-13(9-7-12(15)21-8-9)10-5-3-4-6-11(10)20-14(16,17)18/h3-8,13,19H,2H2,1H3. The fourth-order valence-corrected chi connectivity index (χ4v) is 3.22. The van der Waals surface area contributed by atoms with E-state index in [1.807, 2.05) is 18.4 Å². The third kappa shape index (κ3) is 4.46. The van der Waals surface area contributed by atoms with Crippen LogP contribution in [0.1, 0.15) is 24.1 Å². The van der Waals surface area contributed by atoms with E-state index in [2.05, 4.69) is 26.0 Å². The fraction of sp³-hybridized carbons (Fsp3) is 0.286. The Morgan fingerprint density at radius 3 is 2.62 bits per heavy atom. The molecule has 2 rings (SSSR count). The van der Waals surface area contributed by atoms with Crippen LogP contribution in [0.3, 0.4) is 0 Å². The van der Waals surface area contributed by atoms with Crippen molar-refractivity contribution in [2.75, 3.05) is 6.54 Å². The van der Waals surface area contributed by atoms with Gasteiger partial charge in [-0.2, -0.15) is 0 Å². The molecule has 0 saturated carbocycles.